The second-order valence-corrected chi connectivity index (χ2v) is 6.59. The molecule has 1 aromatic carbocycles. The molecule has 2 heterocycles. The number of ether oxygens (including phenoxy) is 3. The number of hydrogen-bond donors (Lipinski definition) is 1. The van der Waals surface area contributed by atoms with E-state index in [1.54, 1.807) is 0 Å². The predicted octanol–water partition coefficient (Wildman–Crippen LogP) is 1.66. The molecule has 25 heavy (non-hydrogen) atoms. The summed E-state index contributed by atoms with van der Waals surface area (Å²) in [5.41, 5.74) is 4.42. The van der Waals surface area contributed by atoms with Gasteiger partial charge in [-0.25, -0.2) is 4.99 Å². The lowest BCUT2D eigenvalue weighted by Gasteiger charge is -2.26. The maximum Gasteiger partial charge on any atom is 0.293 e. The van der Waals surface area contributed by atoms with E-state index in [1.807, 2.05) is 38.1 Å². The highest BCUT2D eigenvalue weighted by molar-refractivity contribution is 6.00. The highest BCUT2D eigenvalue weighted by atomic mass is 16.8. The highest BCUT2D eigenvalue weighted by Gasteiger charge is 2.94. The second kappa shape index (κ2) is 4.95. The highest BCUT2D eigenvalue weighted by Crippen LogP contribution is 2.82. The Morgan fingerprint density at radius 1 is 1.32 bits per heavy atom. The molecule has 2 N–H and O–H groups in total. The normalized spacial score (nSPS) is 40.9. The predicted molar refractivity (Wildman–Crippen MR) is 87.3 cm³/mol. The quantitative estimate of drug-likeness (QED) is 0.896. The molecular weight excluding hydrogens is 320 g/mol. The zero-order valence-electron chi connectivity index (χ0n) is 14.0. The molecule has 3 aliphatic rings. The summed E-state index contributed by atoms with van der Waals surface area (Å²) in [5, 5.41) is 20.0. The van der Waals surface area contributed by atoms with Crippen molar-refractivity contribution in [3.8, 4) is 17.9 Å². The Balaban J connectivity index is 1.81. The van der Waals surface area contributed by atoms with Gasteiger partial charge in [0.25, 0.3) is 5.91 Å². The van der Waals surface area contributed by atoms with Crippen LogP contribution in [0.25, 0.3) is 0 Å². The summed E-state index contributed by atoms with van der Waals surface area (Å²) < 4.78 is 17.1. The Hall–Kier alpha value is -2.61. The molecule has 128 valence electrons. The number of benzene rings is 1. The molecule has 1 saturated heterocycles. The monoisotopic (exact) mass is 338 g/mol. The first kappa shape index (κ1) is 15.9. The number of rotatable bonds is 3. The fraction of sp³-hybridized carbons (Fsp3) is 0.500. The van der Waals surface area contributed by atoms with Crippen LogP contribution in [0.1, 0.15) is 25.3 Å². The van der Waals surface area contributed by atoms with Crippen molar-refractivity contribution in [1.29, 1.82) is 10.5 Å². The molecule has 5 atom stereocenters. The molecular formula is C18H18N4O3. The minimum Gasteiger partial charge on any atom is -0.494 e. The molecule has 0 radical (unpaired) electrons. The van der Waals surface area contributed by atoms with Crippen LogP contribution in [-0.4, -0.2) is 31.1 Å². The molecule has 1 saturated carbocycles. The van der Waals surface area contributed by atoms with Crippen molar-refractivity contribution in [2.45, 2.75) is 31.8 Å². The van der Waals surface area contributed by atoms with E-state index in [2.05, 4.69) is 17.1 Å². The average Bonchev–Trinajstić information content (AvgIpc) is 3.00. The van der Waals surface area contributed by atoms with E-state index < -0.39 is 22.7 Å². The standard InChI is InChI=1S/C18H18N4O3/c1-3-23-13-6-4-12(5-7-13)14-16(9-19)15(21)22-18(17(14,16)10-20)24-8-11(2)25-18/h4-7,11,14H,3,8H2,1-2H3,(H2,21,22)/t11-,14-,16+,17+,18+/m0/s1. The summed E-state index contributed by atoms with van der Waals surface area (Å²) in [7, 11) is 0. The number of nitrogens with two attached hydrogens (primary N) is 1. The molecule has 7 nitrogen and oxygen atoms in total. The van der Waals surface area contributed by atoms with Crippen LogP contribution in [0.3, 0.4) is 0 Å². The Morgan fingerprint density at radius 3 is 2.56 bits per heavy atom. The van der Waals surface area contributed by atoms with Crippen LogP contribution >= 0.6 is 0 Å². The third-order valence-corrected chi connectivity index (χ3v) is 5.33. The van der Waals surface area contributed by atoms with Crippen molar-refractivity contribution in [2.24, 2.45) is 21.6 Å². The first-order valence-corrected chi connectivity index (χ1v) is 8.24. The summed E-state index contributed by atoms with van der Waals surface area (Å²) in [6, 6.07) is 11.9. The van der Waals surface area contributed by atoms with E-state index in [9.17, 15) is 10.5 Å². The number of nitrogens with zero attached hydrogens (tertiary/aromatic N) is 3. The van der Waals surface area contributed by atoms with Crippen LogP contribution in [0.4, 0.5) is 0 Å². The van der Waals surface area contributed by atoms with Gasteiger partial charge in [0.05, 0.1) is 31.5 Å². The molecule has 0 aromatic heterocycles. The summed E-state index contributed by atoms with van der Waals surface area (Å²) in [6.07, 6.45) is -0.224. The third kappa shape index (κ3) is 1.62. The lowest BCUT2D eigenvalue weighted by molar-refractivity contribution is -0.193. The minimum atomic E-state index is -1.51. The van der Waals surface area contributed by atoms with Crippen molar-refractivity contribution >= 4 is 5.84 Å². The lowest BCUT2D eigenvalue weighted by Crippen LogP contribution is -2.39. The van der Waals surface area contributed by atoms with E-state index in [4.69, 9.17) is 19.9 Å². The Labute approximate surface area is 145 Å². The molecule has 4 rings (SSSR count). The maximum absolute atomic E-state index is 10.0. The maximum atomic E-state index is 10.0. The van der Waals surface area contributed by atoms with Gasteiger partial charge < -0.3 is 19.9 Å². The summed E-state index contributed by atoms with van der Waals surface area (Å²) in [4.78, 5) is 4.29. The molecule has 0 amide bonds. The average molecular weight is 338 g/mol. The van der Waals surface area contributed by atoms with Crippen LogP contribution in [0.5, 0.6) is 5.75 Å². The molecule has 0 unspecified atom stereocenters. The smallest absolute Gasteiger partial charge is 0.293 e. The van der Waals surface area contributed by atoms with Gasteiger partial charge in [-0.15, -0.1) is 0 Å². The van der Waals surface area contributed by atoms with E-state index in [0.29, 0.717) is 13.2 Å². The fourth-order valence-corrected chi connectivity index (χ4v) is 4.28. The van der Waals surface area contributed by atoms with Crippen LogP contribution in [0.15, 0.2) is 29.3 Å². The molecule has 2 aliphatic heterocycles. The van der Waals surface area contributed by atoms with E-state index >= 15 is 0 Å². The molecule has 7 heteroatoms. The Kier molecular flexibility index (Phi) is 3.15. The van der Waals surface area contributed by atoms with Crippen molar-refractivity contribution in [3.05, 3.63) is 29.8 Å². The van der Waals surface area contributed by atoms with Crippen LogP contribution in [0, 0.1) is 33.5 Å². The van der Waals surface area contributed by atoms with Crippen molar-refractivity contribution in [2.75, 3.05) is 13.2 Å². The van der Waals surface area contributed by atoms with Gasteiger partial charge in [-0.3, -0.25) is 0 Å². The number of aliphatic imine (C=N–C) groups is 1. The van der Waals surface area contributed by atoms with Crippen molar-refractivity contribution in [1.82, 2.24) is 0 Å². The number of fused-ring (bicyclic) bond motifs is 2. The number of nitriles is 2. The second-order valence-electron chi connectivity index (χ2n) is 6.59. The Morgan fingerprint density at radius 2 is 2.04 bits per heavy atom. The van der Waals surface area contributed by atoms with E-state index in [-0.39, 0.29) is 11.9 Å². The number of hydrogen-bond acceptors (Lipinski definition) is 7. The van der Waals surface area contributed by atoms with E-state index in [1.165, 1.54) is 0 Å². The van der Waals surface area contributed by atoms with Gasteiger partial charge in [0, 0.05) is 5.92 Å². The zero-order valence-corrected chi connectivity index (χ0v) is 14.0. The minimum absolute atomic E-state index is 0.101. The summed E-state index contributed by atoms with van der Waals surface area (Å²) in [5.74, 6) is -1.14. The summed E-state index contributed by atoms with van der Waals surface area (Å²) >= 11 is 0. The van der Waals surface area contributed by atoms with Gasteiger partial charge in [-0.05, 0) is 31.5 Å². The molecule has 2 fully saturated rings. The van der Waals surface area contributed by atoms with Gasteiger partial charge in [-0.1, -0.05) is 12.1 Å². The SMILES string of the molecule is CCOc1ccc([C@@H]2[C@@]3(C#N)[C@@]4(N=C(N)[C@@]23C#N)OC[C@H](C)O4)cc1. The zero-order chi connectivity index (χ0) is 17.9. The van der Waals surface area contributed by atoms with Crippen LogP contribution in [-0.2, 0) is 9.47 Å². The van der Waals surface area contributed by atoms with Gasteiger partial charge in [0.1, 0.15) is 17.0 Å². The lowest BCUT2D eigenvalue weighted by atomic mass is 9.94. The van der Waals surface area contributed by atoms with Crippen molar-refractivity contribution < 1.29 is 14.2 Å². The Bertz CT molecular complexity index is 839. The fourth-order valence-electron chi connectivity index (χ4n) is 4.28. The van der Waals surface area contributed by atoms with Gasteiger partial charge >= 0.3 is 0 Å². The van der Waals surface area contributed by atoms with Crippen LogP contribution in [0.2, 0.25) is 0 Å². The molecule has 0 bridgehead atoms. The first-order valence-electron chi connectivity index (χ1n) is 8.24. The van der Waals surface area contributed by atoms with Crippen molar-refractivity contribution in [3.63, 3.8) is 0 Å². The van der Waals surface area contributed by atoms with Gasteiger partial charge in [0.2, 0.25) is 0 Å². The molecule has 1 spiro atoms. The molecule has 1 aromatic rings. The van der Waals surface area contributed by atoms with Crippen LogP contribution < -0.4 is 10.5 Å². The topological polar surface area (TPSA) is 114 Å². The first-order chi connectivity index (χ1) is 12.0. The van der Waals surface area contributed by atoms with Gasteiger partial charge in [-0.2, -0.15) is 10.5 Å². The molecule has 1 aliphatic carbocycles. The van der Waals surface area contributed by atoms with Gasteiger partial charge in [0.15, 0.2) is 5.41 Å². The number of amidine groups is 1. The summed E-state index contributed by atoms with van der Waals surface area (Å²) in [6.45, 7) is 4.62. The largest absolute Gasteiger partial charge is 0.494 e. The third-order valence-electron chi connectivity index (χ3n) is 5.33. The van der Waals surface area contributed by atoms with E-state index in [0.717, 1.165) is 11.3 Å².